The van der Waals surface area contributed by atoms with Crippen molar-refractivity contribution in [3.8, 4) is 0 Å². The molecule has 15 heavy (non-hydrogen) atoms. The number of hydrogen-bond acceptors (Lipinski definition) is 0. The Morgan fingerprint density at radius 3 is 1.73 bits per heavy atom. The molecule has 88 valence electrons. The van der Waals surface area contributed by atoms with Gasteiger partial charge in [0.2, 0.25) is 0 Å². The second-order valence-corrected chi connectivity index (χ2v) is 16.2. The molecule has 0 bridgehead atoms. The Balaban J connectivity index is 0.000000336. The normalized spacial score (nSPS) is 10.9. The van der Waals surface area contributed by atoms with E-state index >= 15 is 0 Å². The molecule has 0 aromatic carbocycles. The third-order valence-corrected chi connectivity index (χ3v) is 2.28. The molecule has 0 saturated heterocycles. The van der Waals surface area contributed by atoms with Crippen LogP contribution in [0.25, 0.3) is 0 Å². The smallest absolute Gasteiger partial charge is 0.391 e. The maximum absolute atomic E-state index is 5.78. The number of hydrogen-bond donors (Lipinski definition) is 1. The lowest BCUT2D eigenvalue weighted by molar-refractivity contribution is -0.675. The average molecular weight is 349 g/mol. The standard InChI is InChI=1S/C6H8Cl2N2.Al.4ClH/c1-3-4-9-5(7)6(8)10(4)2;;;;;/h3H2,1-2H3;;4*1H/q;+3;;;;/p-3. The molecule has 2 nitrogen and oxygen atoms in total. The Morgan fingerprint density at radius 2 is 1.60 bits per heavy atom. The number of nitrogens with zero attached hydrogens (tertiary/aromatic N) is 1. The van der Waals surface area contributed by atoms with Gasteiger partial charge >= 0.3 is 9.39 Å². The minimum absolute atomic E-state index is 0.515. The van der Waals surface area contributed by atoms with E-state index in [-0.39, 0.29) is 0 Å². The van der Waals surface area contributed by atoms with Gasteiger partial charge in [-0.25, -0.2) is 9.55 Å². The zero-order valence-corrected chi connectivity index (χ0v) is 13.7. The molecular formula is C6H9AlCl6N2. The van der Waals surface area contributed by atoms with E-state index in [4.69, 9.17) is 63.4 Å². The van der Waals surface area contributed by atoms with E-state index in [2.05, 4.69) is 4.98 Å². The van der Waals surface area contributed by atoms with Gasteiger partial charge in [0.25, 0.3) is 16.1 Å². The molecule has 1 rings (SSSR count). The van der Waals surface area contributed by atoms with E-state index in [1.54, 1.807) is 0 Å². The first kappa shape index (κ1) is 16.5. The summed E-state index contributed by atoms with van der Waals surface area (Å²) in [5.41, 5.74) is 0. The Kier molecular flexibility index (Phi) is 7.73. The second-order valence-electron chi connectivity index (χ2n) is 2.58. The van der Waals surface area contributed by atoms with Crippen LogP contribution in [0.5, 0.6) is 0 Å². The minimum Gasteiger partial charge on any atom is -0.391 e. The predicted molar refractivity (Wildman–Crippen MR) is 70.5 cm³/mol. The zero-order chi connectivity index (χ0) is 12.2. The molecule has 0 aliphatic heterocycles. The molecule has 0 aliphatic rings. The van der Waals surface area contributed by atoms with Crippen LogP contribution in [0, 0.1) is 0 Å². The van der Waals surface area contributed by atoms with Gasteiger partial charge in [0.1, 0.15) is 0 Å². The van der Waals surface area contributed by atoms with Gasteiger partial charge in [0.05, 0.1) is 7.05 Å². The van der Waals surface area contributed by atoms with Gasteiger partial charge in [-0.2, -0.15) is 0 Å². The summed E-state index contributed by atoms with van der Waals surface area (Å²) >= 11 is 11.5. The van der Waals surface area contributed by atoms with Gasteiger partial charge in [0.15, 0.2) is 0 Å². The average Bonchev–Trinajstić information content (AvgIpc) is 2.29. The first-order valence-electron chi connectivity index (χ1n) is 3.96. The van der Waals surface area contributed by atoms with Gasteiger partial charge in [0, 0.05) is 6.42 Å². The zero-order valence-electron chi connectivity index (χ0n) is 8.00. The predicted octanol–water partition coefficient (Wildman–Crippen LogP) is 4.09. The van der Waals surface area contributed by atoms with E-state index in [1.807, 2.05) is 18.5 Å². The van der Waals surface area contributed by atoms with Crippen molar-refractivity contribution in [2.24, 2.45) is 7.05 Å². The van der Waals surface area contributed by atoms with Crippen LogP contribution in [-0.2, 0) is 13.5 Å². The summed E-state index contributed by atoms with van der Waals surface area (Å²) in [5.74, 6) is 1.04. The number of aromatic nitrogens is 2. The van der Waals surface area contributed by atoms with Gasteiger partial charge in [-0.3, -0.25) is 0 Å². The molecule has 0 aliphatic carbocycles. The molecule has 0 unspecified atom stereocenters. The molecule has 1 N–H and O–H groups in total. The highest BCUT2D eigenvalue weighted by Crippen LogP contribution is 2.23. The van der Waals surface area contributed by atoms with Crippen LogP contribution in [0.3, 0.4) is 0 Å². The quantitative estimate of drug-likeness (QED) is 0.582. The largest absolute Gasteiger partial charge is 0.564 e. The van der Waals surface area contributed by atoms with Crippen molar-refractivity contribution < 1.29 is 4.57 Å². The van der Waals surface area contributed by atoms with Crippen LogP contribution < -0.4 is 4.57 Å². The maximum Gasteiger partial charge on any atom is 0.564 e. The summed E-state index contributed by atoms with van der Waals surface area (Å²) in [7, 11) is 18.9. The molecule has 9 heteroatoms. The van der Waals surface area contributed by atoms with Crippen LogP contribution in [-0.4, -0.2) is 14.4 Å². The van der Waals surface area contributed by atoms with Crippen molar-refractivity contribution in [2.45, 2.75) is 13.3 Å². The number of aromatic amines is 1. The monoisotopic (exact) mass is 346 g/mol. The topological polar surface area (TPSA) is 19.7 Å². The lowest BCUT2D eigenvalue weighted by Crippen LogP contribution is -2.31. The highest BCUT2D eigenvalue weighted by molar-refractivity contribution is 7.81. The van der Waals surface area contributed by atoms with Crippen molar-refractivity contribution in [1.82, 2.24) is 4.98 Å². The Labute approximate surface area is 118 Å². The van der Waals surface area contributed by atoms with Crippen LogP contribution in [0.4, 0.5) is 0 Å². The third-order valence-electron chi connectivity index (χ3n) is 1.47. The fourth-order valence-corrected chi connectivity index (χ4v) is 1.24. The lowest BCUT2D eigenvalue weighted by Gasteiger charge is -1.97. The molecule has 0 saturated carbocycles. The summed E-state index contributed by atoms with van der Waals surface area (Å²) < 4.78 is 1.84. The molecule has 1 aromatic heterocycles. The van der Waals surface area contributed by atoms with E-state index < -0.39 is 9.39 Å². The first-order valence-corrected chi connectivity index (χ1v) is 11.7. The van der Waals surface area contributed by atoms with E-state index in [9.17, 15) is 0 Å². The third kappa shape index (κ3) is 7.41. The van der Waals surface area contributed by atoms with Gasteiger partial charge < -0.3 is 40.2 Å². The Morgan fingerprint density at radius 1 is 1.20 bits per heavy atom. The molecule has 0 radical (unpaired) electrons. The summed E-state index contributed by atoms with van der Waals surface area (Å²) in [4.78, 5) is 2.96. The molecule has 0 spiro atoms. The summed E-state index contributed by atoms with van der Waals surface area (Å²) in [6.07, 6.45) is 0.906. The Bertz CT molecular complexity index is 314. The lowest BCUT2D eigenvalue weighted by atomic mass is 10.5. The molecule has 0 amide bonds. The van der Waals surface area contributed by atoms with Crippen molar-refractivity contribution in [3.63, 3.8) is 0 Å². The van der Waals surface area contributed by atoms with E-state index in [0.717, 1.165) is 12.2 Å². The Hall–Kier alpha value is 1.48. The number of H-pyrrole nitrogens is 1. The van der Waals surface area contributed by atoms with Crippen molar-refractivity contribution in [2.75, 3.05) is 0 Å². The van der Waals surface area contributed by atoms with Crippen LogP contribution in [0.2, 0.25) is 10.3 Å². The number of nitrogens with one attached hydrogen (secondary N) is 1. The van der Waals surface area contributed by atoms with Crippen LogP contribution in [0.15, 0.2) is 0 Å². The summed E-state index contributed by atoms with van der Waals surface area (Å²) in [6, 6.07) is 0. The highest BCUT2D eigenvalue weighted by Gasteiger charge is 2.16. The van der Waals surface area contributed by atoms with Gasteiger partial charge in [-0.15, -0.1) is 0 Å². The minimum atomic E-state index is -2.94. The summed E-state index contributed by atoms with van der Waals surface area (Å²) in [5, 5.41) is 1.08. The van der Waals surface area contributed by atoms with Gasteiger partial charge in [-0.1, -0.05) is 6.92 Å². The number of aryl methyl sites for hydroxylation is 1. The van der Waals surface area contributed by atoms with Gasteiger partial charge in [-0.05, 0) is 23.2 Å². The molecule has 0 atom stereocenters. The molecule has 0 fully saturated rings. The highest BCUT2D eigenvalue weighted by atomic mass is 35.9. The first-order chi connectivity index (χ1) is 6.66. The van der Waals surface area contributed by atoms with Crippen LogP contribution >= 0.6 is 63.4 Å². The number of imidazole rings is 1. The van der Waals surface area contributed by atoms with E-state index in [0.29, 0.717) is 10.3 Å². The molecule has 1 aromatic rings. The molecule has 1 heterocycles. The van der Waals surface area contributed by atoms with Crippen molar-refractivity contribution >= 4 is 72.8 Å². The SMILES string of the molecule is CCc1[nH]c(Cl)c(Cl)[n+]1C.[Cl][Al-]([Cl])([Cl])[Cl]. The fraction of sp³-hybridized carbons (Fsp3) is 0.500. The van der Waals surface area contributed by atoms with Crippen LogP contribution in [0.1, 0.15) is 12.7 Å². The second kappa shape index (κ2) is 7.04. The van der Waals surface area contributed by atoms with Crippen molar-refractivity contribution in [1.29, 1.82) is 0 Å². The summed E-state index contributed by atoms with van der Waals surface area (Å²) in [6.45, 7) is 2.04. The van der Waals surface area contributed by atoms with Crippen molar-refractivity contribution in [3.05, 3.63) is 16.1 Å². The number of rotatable bonds is 1. The molecular weight excluding hydrogens is 340 g/mol. The van der Waals surface area contributed by atoms with E-state index in [1.165, 1.54) is 0 Å². The number of halogens is 6. The fourth-order valence-electron chi connectivity index (χ4n) is 0.853. The maximum atomic E-state index is 5.78.